The predicted molar refractivity (Wildman–Crippen MR) is 245 cm³/mol. The van der Waals surface area contributed by atoms with Gasteiger partial charge in [-0.2, -0.15) is 0 Å². The summed E-state index contributed by atoms with van der Waals surface area (Å²) in [5, 5.41) is 2.97. The van der Waals surface area contributed by atoms with Crippen LogP contribution in [0.3, 0.4) is 0 Å². The van der Waals surface area contributed by atoms with Gasteiger partial charge >= 0.3 is 348 Å². The van der Waals surface area contributed by atoms with Crippen molar-refractivity contribution in [1.29, 1.82) is 0 Å². The zero-order chi connectivity index (χ0) is 39.3. The van der Waals surface area contributed by atoms with Crippen molar-refractivity contribution in [2.45, 2.75) is 62.7 Å². The van der Waals surface area contributed by atoms with Crippen molar-refractivity contribution < 1.29 is 16.1 Å². The molecule has 6 aromatic carbocycles. The summed E-state index contributed by atoms with van der Waals surface area (Å²) in [6.07, 6.45) is 5.03. The molecule has 2 unspecified atom stereocenters. The van der Waals surface area contributed by atoms with E-state index in [1.54, 1.807) is 0 Å². The van der Waals surface area contributed by atoms with Gasteiger partial charge in [0.1, 0.15) is 0 Å². The summed E-state index contributed by atoms with van der Waals surface area (Å²) in [6, 6.07) is 43.4. The summed E-state index contributed by atoms with van der Waals surface area (Å²) >= 11 is -5.81. The zero-order valence-electron chi connectivity index (χ0n) is 33.9. The normalized spacial score (nSPS) is 18.0. The molecule has 56 heavy (non-hydrogen) atoms. The van der Waals surface area contributed by atoms with E-state index in [4.69, 9.17) is 0 Å². The van der Waals surface area contributed by atoms with Gasteiger partial charge in [-0.15, -0.1) is 0 Å². The van der Waals surface area contributed by atoms with Gasteiger partial charge in [0, 0.05) is 0 Å². The second-order valence-electron chi connectivity index (χ2n) is 17.4. The van der Waals surface area contributed by atoms with Gasteiger partial charge in [-0.1, -0.05) is 0 Å². The van der Waals surface area contributed by atoms with E-state index >= 15 is 0 Å². The molecule has 2 aliphatic carbocycles. The molecule has 1 aliphatic heterocycles. The minimum atomic E-state index is -5.81. The van der Waals surface area contributed by atoms with E-state index in [9.17, 15) is 17.2 Å². The van der Waals surface area contributed by atoms with Crippen molar-refractivity contribution in [3.63, 3.8) is 0 Å². The summed E-state index contributed by atoms with van der Waals surface area (Å²) in [5.74, 6) is 0.512. The second kappa shape index (κ2) is 13.8. The maximum atomic E-state index is 9.33. The summed E-state index contributed by atoms with van der Waals surface area (Å²) in [5.41, 5.74) is 21.1. The summed E-state index contributed by atoms with van der Waals surface area (Å²) in [7, 11) is 17.8. The van der Waals surface area contributed by atoms with Gasteiger partial charge < -0.3 is 0 Å². The molecule has 0 N–H and O–H groups in total. The fourth-order valence-electron chi connectivity index (χ4n) is 10.7. The first-order valence-electron chi connectivity index (χ1n) is 20.4. The van der Waals surface area contributed by atoms with Crippen LogP contribution in [0.4, 0.5) is 0 Å². The Labute approximate surface area is 344 Å². The Morgan fingerprint density at radius 3 is 1.43 bits per heavy atom. The molecule has 0 saturated carbocycles. The molecule has 0 amide bonds. The standard InChI is InChI=1S/2C20H21.C12H9Si.2ClH.Hf/c2*1-13(2)17-11-16-8-6-10-19(20(16)12-17)18-9-5-7-14(3)15(18)4;1-3-7-11-9(5-1)10-6-2-4-8-12(10)13-11;;;/h2*5-13H,1-4H3;1-7H,13H2;2*1H;/q;;;;;+2/p-2. The van der Waals surface area contributed by atoms with Gasteiger partial charge in [0.15, 0.2) is 0 Å². The van der Waals surface area contributed by atoms with Gasteiger partial charge in [0.2, 0.25) is 0 Å². The Kier molecular flexibility index (Phi) is 9.37. The van der Waals surface area contributed by atoms with Crippen LogP contribution in [0.25, 0.3) is 45.5 Å². The number of hydrogen-bond acceptors (Lipinski definition) is 0. The van der Waals surface area contributed by atoms with Crippen LogP contribution in [0.5, 0.6) is 0 Å². The van der Waals surface area contributed by atoms with Crippen molar-refractivity contribution in [2.24, 2.45) is 11.8 Å². The molecule has 0 bridgehead atoms. The van der Waals surface area contributed by atoms with Gasteiger partial charge in [-0.05, 0) is 0 Å². The Bertz CT molecular complexity index is 2540. The summed E-state index contributed by atoms with van der Waals surface area (Å²) in [6.45, 7) is 18.4. The molecule has 281 valence electrons. The van der Waals surface area contributed by atoms with Crippen LogP contribution in [0, 0.1) is 39.5 Å². The van der Waals surface area contributed by atoms with E-state index in [-0.39, 0.29) is 19.2 Å². The molecule has 0 radical (unpaired) electrons. The first-order valence-corrected chi connectivity index (χ1v) is 36.7. The van der Waals surface area contributed by atoms with Gasteiger partial charge in [0.05, 0.1) is 0 Å². The number of rotatable bonds is 7. The Morgan fingerprint density at radius 1 is 0.482 bits per heavy atom. The Hall–Kier alpha value is -3.53. The first kappa shape index (κ1) is 38.0. The van der Waals surface area contributed by atoms with E-state index < -0.39 is 25.7 Å². The molecule has 0 fully saturated rings. The molecule has 6 aromatic rings. The molecule has 3 aliphatic rings. The van der Waals surface area contributed by atoms with E-state index in [0.29, 0.717) is 0 Å². The summed E-state index contributed by atoms with van der Waals surface area (Å²) < 4.78 is 1.11. The average Bonchev–Trinajstić information content (AvgIpc) is 3.90. The Balaban J connectivity index is 1.39. The number of benzene rings is 6. The van der Waals surface area contributed by atoms with E-state index in [0.717, 1.165) is 0 Å². The molecule has 2 atom stereocenters. The van der Waals surface area contributed by atoms with E-state index in [2.05, 4.69) is 183 Å². The Morgan fingerprint density at radius 2 is 0.911 bits per heavy atom. The molecule has 0 aromatic heterocycles. The SMILES string of the molecule is Cc1cccc(-c2cccc3c2C=C(C(C)C)[CH]3[Hf]([Cl])([Cl])([c]2cccc3c2[SiH2]c2ccccc2-3)[CH]2C(C(C)C)=Cc3c(-c4cccc(C)c4C)cccc32)c1C. The van der Waals surface area contributed by atoms with Crippen LogP contribution in [0.1, 0.15) is 79.6 Å². The molecular weight excluding hydrogens is 902 g/mol. The van der Waals surface area contributed by atoms with Gasteiger partial charge in [0.25, 0.3) is 0 Å². The third-order valence-corrected chi connectivity index (χ3v) is 45.2. The first-order chi connectivity index (χ1) is 26.8. The minimum absolute atomic E-state index is 0.0953. The topological polar surface area (TPSA) is 0 Å². The molecule has 4 heteroatoms. The fraction of sp³-hybridized carbons (Fsp3) is 0.231. The molecule has 0 saturated heterocycles. The zero-order valence-corrected chi connectivity index (χ0v) is 40.4. The molecule has 9 rings (SSSR count). The third-order valence-electron chi connectivity index (χ3n) is 13.7. The maximum absolute atomic E-state index is 9.33. The number of halogens is 2. The van der Waals surface area contributed by atoms with Gasteiger partial charge in [-0.25, -0.2) is 0 Å². The number of allylic oxidation sites excluding steroid dienone is 2. The quantitative estimate of drug-likeness (QED) is 0.140. The van der Waals surface area contributed by atoms with Crippen LogP contribution < -0.4 is 13.7 Å². The monoisotopic (exact) mass is 953 g/mol. The average molecular weight is 953 g/mol. The molecule has 0 nitrogen and oxygen atoms in total. The van der Waals surface area contributed by atoms with Crippen LogP contribution in [-0.4, -0.2) is 9.52 Å². The van der Waals surface area contributed by atoms with Crippen molar-refractivity contribution in [3.05, 3.63) is 171 Å². The van der Waals surface area contributed by atoms with Crippen molar-refractivity contribution in [3.8, 4) is 33.4 Å². The van der Waals surface area contributed by atoms with Gasteiger partial charge in [-0.3, -0.25) is 0 Å². The van der Waals surface area contributed by atoms with Crippen molar-refractivity contribution >= 4 is 52.5 Å². The summed E-state index contributed by atoms with van der Waals surface area (Å²) in [4.78, 5) is 0. The number of fused-ring (bicyclic) bond motifs is 5. The third kappa shape index (κ3) is 5.53. The molecule has 0 spiro atoms. The molecular formula is C52H51Cl2HfSi. The van der Waals surface area contributed by atoms with Crippen LogP contribution in [0.15, 0.2) is 126 Å². The van der Waals surface area contributed by atoms with Crippen LogP contribution in [-0.2, 0) is 16.1 Å². The van der Waals surface area contributed by atoms with E-state index in [1.165, 1.54) is 103 Å². The van der Waals surface area contributed by atoms with Crippen molar-refractivity contribution in [1.82, 2.24) is 0 Å². The fourth-order valence-corrected chi connectivity index (χ4v) is 50.2. The van der Waals surface area contributed by atoms with Crippen molar-refractivity contribution in [2.75, 3.05) is 0 Å². The second-order valence-corrected chi connectivity index (χ2v) is 48.5. The number of hydrogen-bond donors (Lipinski definition) is 0. The molecule has 1 heterocycles. The predicted octanol–water partition coefficient (Wildman–Crippen LogP) is 12.6. The van der Waals surface area contributed by atoms with Crippen LogP contribution in [0.2, 0.25) is 0 Å². The number of aryl methyl sites for hydroxylation is 2. The van der Waals surface area contributed by atoms with Crippen LogP contribution >= 0.6 is 17.2 Å². The van der Waals surface area contributed by atoms with E-state index in [1.807, 2.05) is 0 Å².